The Bertz CT molecular complexity index is 700. The number of hydrogen-bond donors (Lipinski definition) is 1. The van der Waals surface area contributed by atoms with Crippen molar-refractivity contribution in [3.8, 4) is 0 Å². The first kappa shape index (κ1) is 9.96. The van der Waals surface area contributed by atoms with Gasteiger partial charge in [0.1, 0.15) is 5.52 Å². The van der Waals surface area contributed by atoms with Crippen molar-refractivity contribution in [1.82, 2.24) is 4.98 Å². The molecule has 4 nitrogen and oxygen atoms in total. The second-order valence-corrected chi connectivity index (χ2v) is 4.25. The van der Waals surface area contributed by atoms with Gasteiger partial charge in [0.15, 0.2) is 5.58 Å². The van der Waals surface area contributed by atoms with Crippen LogP contribution in [-0.2, 0) is 0 Å². The van der Waals surface area contributed by atoms with Crippen LogP contribution in [0.4, 0.5) is 11.7 Å². The molecule has 86 valence electrons. The van der Waals surface area contributed by atoms with Crippen molar-refractivity contribution in [3.63, 3.8) is 0 Å². The zero-order valence-electron chi connectivity index (χ0n) is 9.77. The van der Waals surface area contributed by atoms with Gasteiger partial charge in [-0.1, -0.05) is 24.3 Å². The second kappa shape index (κ2) is 3.38. The molecule has 0 fully saturated rings. The van der Waals surface area contributed by atoms with Crippen LogP contribution >= 0.6 is 0 Å². The minimum absolute atomic E-state index is 0.593. The van der Waals surface area contributed by atoms with Gasteiger partial charge in [-0.05, 0) is 6.07 Å². The number of aromatic nitrogens is 1. The predicted octanol–water partition coefficient (Wildman–Crippen LogP) is 2.63. The normalized spacial score (nSPS) is 11.2. The standard InChI is InChI=1S/C13H13N3O/c1-16(2)13-15-11-7-10(14)8-5-3-4-6-9(8)12(11)17-13/h3-7H,14H2,1-2H3. The Morgan fingerprint density at radius 3 is 2.59 bits per heavy atom. The molecule has 1 aromatic heterocycles. The molecule has 2 aromatic carbocycles. The zero-order chi connectivity index (χ0) is 12.0. The highest BCUT2D eigenvalue weighted by Crippen LogP contribution is 2.32. The van der Waals surface area contributed by atoms with E-state index in [4.69, 9.17) is 10.2 Å². The van der Waals surface area contributed by atoms with Gasteiger partial charge in [0.25, 0.3) is 6.01 Å². The average molecular weight is 227 g/mol. The van der Waals surface area contributed by atoms with Crippen molar-refractivity contribution in [2.24, 2.45) is 0 Å². The highest BCUT2D eigenvalue weighted by atomic mass is 16.4. The smallest absolute Gasteiger partial charge is 0.297 e. The molecule has 0 radical (unpaired) electrons. The van der Waals surface area contributed by atoms with Gasteiger partial charge < -0.3 is 15.1 Å². The summed E-state index contributed by atoms with van der Waals surface area (Å²) in [6.45, 7) is 0. The van der Waals surface area contributed by atoms with E-state index in [0.29, 0.717) is 6.01 Å². The molecule has 1 heterocycles. The number of benzene rings is 2. The van der Waals surface area contributed by atoms with E-state index in [1.165, 1.54) is 0 Å². The van der Waals surface area contributed by atoms with Gasteiger partial charge in [0.05, 0.1) is 0 Å². The first-order valence-electron chi connectivity index (χ1n) is 5.42. The maximum atomic E-state index is 6.01. The van der Waals surface area contributed by atoms with Crippen molar-refractivity contribution in [2.75, 3.05) is 24.7 Å². The molecule has 2 N–H and O–H groups in total. The van der Waals surface area contributed by atoms with Crippen LogP contribution in [0.2, 0.25) is 0 Å². The van der Waals surface area contributed by atoms with Gasteiger partial charge in [0, 0.05) is 30.6 Å². The van der Waals surface area contributed by atoms with Crippen molar-refractivity contribution < 1.29 is 4.42 Å². The van der Waals surface area contributed by atoms with Gasteiger partial charge in [-0.15, -0.1) is 0 Å². The number of nitrogens with zero attached hydrogens (tertiary/aromatic N) is 2. The lowest BCUT2D eigenvalue weighted by atomic mass is 10.1. The van der Waals surface area contributed by atoms with Crippen LogP contribution < -0.4 is 10.6 Å². The molecular formula is C13H13N3O. The lowest BCUT2D eigenvalue weighted by molar-refractivity contribution is 0.599. The molecular weight excluding hydrogens is 214 g/mol. The molecule has 0 atom stereocenters. The second-order valence-electron chi connectivity index (χ2n) is 4.25. The Morgan fingerprint density at radius 2 is 1.88 bits per heavy atom. The third-order valence-electron chi connectivity index (χ3n) is 2.80. The molecule has 0 aliphatic carbocycles. The van der Waals surface area contributed by atoms with Crippen molar-refractivity contribution in [2.45, 2.75) is 0 Å². The Morgan fingerprint density at radius 1 is 1.18 bits per heavy atom. The number of oxazole rings is 1. The molecule has 0 aliphatic rings. The molecule has 0 bridgehead atoms. The molecule has 4 heteroatoms. The SMILES string of the molecule is CN(C)c1nc2cc(N)c3ccccc3c2o1. The summed E-state index contributed by atoms with van der Waals surface area (Å²) >= 11 is 0. The highest BCUT2D eigenvalue weighted by molar-refractivity contribution is 6.09. The molecule has 0 spiro atoms. The molecule has 3 rings (SSSR count). The Labute approximate surface area is 98.6 Å². The summed E-state index contributed by atoms with van der Waals surface area (Å²) in [5.41, 5.74) is 8.33. The van der Waals surface area contributed by atoms with E-state index in [0.717, 1.165) is 27.6 Å². The summed E-state index contributed by atoms with van der Waals surface area (Å²) < 4.78 is 5.76. The van der Waals surface area contributed by atoms with Crippen molar-refractivity contribution in [3.05, 3.63) is 30.3 Å². The largest absolute Gasteiger partial charge is 0.423 e. The van der Waals surface area contributed by atoms with Crippen LogP contribution in [0.15, 0.2) is 34.7 Å². The summed E-state index contributed by atoms with van der Waals surface area (Å²) in [6, 6.07) is 10.4. The van der Waals surface area contributed by atoms with Crippen LogP contribution in [0.1, 0.15) is 0 Å². The number of nitrogens with two attached hydrogens (primary N) is 1. The fraction of sp³-hybridized carbons (Fsp3) is 0.154. The number of nitrogen functional groups attached to an aromatic ring is 1. The number of anilines is 2. The summed E-state index contributed by atoms with van der Waals surface area (Å²) in [5, 5.41) is 2.00. The number of fused-ring (bicyclic) bond motifs is 3. The first-order chi connectivity index (χ1) is 8.16. The summed E-state index contributed by atoms with van der Waals surface area (Å²) in [7, 11) is 3.80. The fourth-order valence-corrected chi connectivity index (χ4v) is 1.96. The number of hydrogen-bond acceptors (Lipinski definition) is 4. The lowest BCUT2D eigenvalue weighted by Gasteiger charge is -2.03. The Kier molecular flexibility index (Phi) is 1.98. The first-order valence-corrected chi connectivity index (χ1v) is 5.42. The van der Waals surface area contributed by atoms with Crippen LogP contribution in [0.25, 0.3) is 21.9 Å². The van der Waals surface area contributed by atoms with E-state index in [9.17, 15) is 0 Å². The quantitative estimate of drug-likeness (QED) is 0.649. The van der Waals surface area contributed by atoms with Crippen LogP contribution in [0, 0.1) is 0 Å². The van der Waals surface area contributed by atoms with Crippen molar-refractivity contribution >= 4 is 33.6 Å². The Hall–Kier alpha value is -2.23. The monoisotopic (exact) mass is 227 g/mol. The van der Waals surface area contributed by atoms with E-state index in [1.54, 1.807) is 0 Å². The fourth-order valence-electron chi connectivity index (χ4n) is 1.96. The third-order valence-corrected chi connectivity index (χ3v) is 2.80. The predicted molar refractivity (Wildman–Crippen MR) is 70.3 cm³/mol. The highest BCUT2D eigenvalue weighted by Gasteiger charge is 2.12. The zero-order valence-corrected chi connectivity index (χ0v) is 9.77. The lowest BCUT2D eigenvalue weighted by Crippen LogP contribution is -2.08. The molecule has 0 saturated carbocycles. The maximum Gasteiger partial charge on any atom is 0.297 e. The van der Waals surface area contributed by atoms with E-state index < -0.39 is 0 Å². The molecule has 0 saturated heterocycles. The minimum Gasteiger partial charge on any atom is -0.423 e. The molecule has 0 unspecified atom stereocenters. The van der Waals surface area contributed by atoms with Gasteiger partial charge in [-0.2, -0.15) is 4.98 Å². The topological polar surface area (TPSA) is 55.3 Å². The Balaban J connectivity index is 2.46. The van der Waals surface area contributed by atoms with E-state index in [-0.39, 0.29) is 0 Å². The van der Waals surface area contributed by atoms with Gasteiger partial charge in [0.2, 0.25) is 0 Å². The summed E-state index contributed by atoms with van der Waals surface area (Å²) in [6.07, 6.45) is 0. The molecule has 0 aliphatic heterocycles. The molecule has 17 heavy (non-hydrogen) atoms. The van der Waals surface area contributed by atoms with E-state index in [1.807, 2.05) is 49.3 Å². The summed E-state index contributed by atoms with van der Waals surface area (Å²) in [5.74, 6) is 0. The van der Waals surface area contributed by atoms with Gasteiger partial charge in [-0.25, -0.2) is 0 Å². The van der Waals surface area contributed by atoms with E-state index >= 15 is 0 Å². The summed E-state index contributed by atoms with van der Waals surface area (Å²) in [4.78, 5) is 6.24. The maximum absolute atomic E-state index is 6.01. The van der Waals surface area contributed by atoms with Crippen LogP contribution in [-0.4, -0.2) is 19.1 Å². The average Bonchev–Trinajstić information content (AvgIpc) is 2.73. The van der Waals surface area contributed by atoms with Crippen LogP contribution in [0.3, 0.4) is 0 Å². The third kappa shape index (κ3) is 1.41. The van der Waals surface area contributed by atoms with Gasteiger partial charge in [-0.3, -0.25) is 0 Å². The van der Waals surface area contributed by atoms with Crippen molar-refractivity contribution in [1.29, 1.82) is 0 Å². The molecule has 0 amide bonds. The van der Waals surface area contributed by atoms with E-state index in [2.05, 4.69) is 4.98 Å². The minimum atomic E-state index is 0.593. The van der Waals surface area contributed by atoms with Crippen LogP contribution in [0.5, 0.6) is 0 Å². The number of rotatable bonds is 1. The van der Waals surface area contributed by atoms with Gasteiger partial charge >= 0.3 is 0 Å². The molecule has 3 aromatic rings.